The van der Waals surface area contributed by atoms with Crippen LogP contribution in [-0.4, -0.2) is 14.7 Å². The van der Waals surface area contributed by atoms with Gasteiger partial charge in [0.15, 0.2) is 9.84 Å². The van der Waals surface area contributed by atoms with Gasteiger partial charge >= 0.3 is 0 Å². The summed E-state index contributed by atoms with van der Waals surface area (Å²) in [4.78, 5) is 0.314. The average molecular weight is 366 g/mol. The third-order valence-electron chi connectivity index (χ3n) is 2.27. The minimum atomic E-state index is -3.18. The molecule has 3 nitrogen and oxygen atoms in total. The van der Waals surface area contributed by atoms with Crippen molar-refractivity contribution in [2.75, 3.05) is 6.26 Å². The number of hydrogen-bond acceptors (Lipinski definition) is 3. The number of aryl methyl sites for hydroxylation is 1. The average Bonchev–Trinajstić information content (AvgIpc) is 2.21. The van der Waals surface area contributed by atoms with E-state index >= 15 is 0 Å². The van der Waals surface area contributed by atoms with Crippen molar-refractivity contribution >= 4 is 32.4 Å². The second-order valence-electron chi connectivity index (χ2n) is 3.82. The van der Waals surface area contributed by atoms with Crippen molar-refractivity contribution in [1.29, 1.82) is 0 Å². The molecule has 0 fully saturated rings. The fourth-order valence-electron chi connectivity index (χ4n) is 1.26. The van der Waals surface area contributed by atoms with Crippen molar-refractivity contribution in [2.45, 2.75) is 25.2 Å². The molecule has 0 atom stereocenters. The quantitative estimate of drug-likeness (QED) is 0.607. The standard InChI is InChI=1S/C12H15IO3S/c1-5-9(3)16-12-8(2)6-10(7-11(12)13)17(4,14)15/h6-7H,3,5H2,1-2,4H3. The molecule has 0 saturated carbocycles. The first-order chi connectivity index (χ1) is 7.75. The van der Waals surface area contributed by atoms with Crippen LogP contribution in [0.1, 0.15) is 18.9 Å². The first-order valence-corrected chi connectivity index (χ1v) is 8.08. The molecule has 17 heavy (non-hydrogen) atoms. The van der Waals surface area contributed by atoms with E-state index in [9.17, 15) is 8.42 Å². The predicted molar refractivity (Wildman–Crippen MR) is 77.1 cm³/mol. The Morgan fingerprint density at radius 3 is 2.47 bits per heavy atom. The van der Waals surface area contributed by atoms with E-state index < -0.39 is 9.84 Å². The van der Waals surface area contributed by atoms with Gasteiger partial charge in [0.05, 0.1) is 14.2 Å². The predicted octanol–water partition coefficient (Wildman–Crippen LogP) is 3.31. The third kappa shape index (κ3) is 3.70. The smallest absolute Gasteiger partial charge is 0.175 e. The van der Waals surface area contributed by atoms with E-state index in [1.807, 2.05) is 13.8 Å². The second kappa shape index (κ2) is 5.39. The fourth-order valence-corrected chi connectivity index (χ4v) is 3.06. The van der Waals surface area contributed by atoms with Crippen LogP contribution in [0.2, 0.25) is 0 Å². The van der Waals surface area contributed by atoms with E-state index in [0.717, 1.165) is 15.6 Å². The first-order valence-electron chi connectivity index (χ1n) is 5.11. The van der Waals surface area contributed by atoms with Gasteiger partial charge in [-0.15, -0.1) is 0 Å². The van der Waals surface area contributed by atoms with Crippen LogP contribution in [0, 0.1) is 10.5 Å². The van der Waals surface area contributed by atoms with Crippen LogP contribution >= 0.6 is 22.6 Å². The lowest BCUT2D eigenvalue weighted by atomic mass is 10.2. The zero-order valence-electron chi connectivity index (χ0n) is 10.1. The van der Waals surface area contributed by atoms with Crippen molar-refractivity contribution in [3.05, 3.63) is 33.6 Å². The van der Waals surface area contributed by atoms with Gasteiger partial charge in [-0.1, -0.05) is 13.5 Å². The maximum atomic E-state index is 11.5. The molecule has 0 aliphatic carbocycles. The summed E-state index contributed by atoms with van der Waals surface area (Å²) in [6.07, 6.45) is 1.92. The zero-order valence-corrected chi connectivity index (χ0v) is 13.1. The molecule has 0 aromatic heterocycles. The number of hydrogen-bond donors (Lipinski definition) is 0. The van der Waals surface area contributed by atoms with E-state index in [0.29, 0.717) is 16.4 Å². The van der Waals surface area contributed by atoms with Gasteiger partial charge in [0.1, 0.15) is 5.75 Å². The lowest BCUT2D eigenvalue weighted by Crippen LogP contribution is -2.02. The molecule has 94 valence electrons. The Labute approximate surface area is 116 Å². The van der Waals surface area contributed by atoms with Crippen LogP contribution in [0.5, 0.6) is 5.75 Å². The molecule has 0 aliphatic heterocycles. The van der Waals surface area contributed by atoms with Crippen LogP contribution < -0.4 is 4.74 Å². The minimum absolute atomic E-state index is 0.314. The fraction of sp³-hybridized carbons (Fsp3) is 0.333. The zero-order chi connectivity index (χ0) is 13.2. The number of rotatable bonds is 4. The van der Waals surface area contributed by atoms with Crippen LogP contribution in [0.15, 0.2) is 29.4 Å². The van der Waals surface area contributed by atoms with Gasteiger partial charge in [0.25, 0.3) is 0 Å². The molecule has 1 aromatic carbocycles. The van der Waals surface area contributed by atoms with Crippen LogP contribution in [0.25, 0.3) is 0 Å². The van der Waals surface area contributed by atoms with Crippen molar-refractivity contribution in [3.63, 3.8) is 0 Å². The molecule has 0 saturated heterocycles. The van der Waals surface area contributed by atoms with Gasteiger partial charge in [-0.3, -0.25) is 0 Å². The molecule has 0 spiro atoms. The molecule has 0 amide bonds. The van der Waals surface area contributed by atoms with E-state index in [-0.39, 0.29) is 0 Å². The summed E-state index contributed by atoms with van der Waals surface area (Å²) in [5.41, 5.74) is 0.798. The maximum Gasteiger partial charge on any atom is 0.175 e. The topological polar surface area (TPSA) is 43.4 Å². The Hall–Kier alpha value is -0.560. The molecule has 0 unspecified atom stereocenters. The molecule has 1 aromatic rings. The highest BCUT2D eigenvalue weighted by atomic mass is 127. The lowest BCUT2D eigenvalue weighted by Gasteiger charge is -2.13. The molecule has 0 heterocycles. The SMILES string of the molecule is C=C(CC)Oc1c(C)cc(S(C)(=O)=O)cc1I. The highest BCUT2D eigenvalue weighted by molar-refractivity contribution is 14.1. The van der Waals surface area contributed by atoms with Gasteiger partial charge < -0.3 is 4.74 Å². The Morgan fingerprint density at radius 1 is 1.47 bits per heavy atom. The van der Waals surface area contributed by atoms with Crippen molar-refractivity contribution in [2.24, 2.45) is 0 Å². The molecule has 0 N–H and O–H groups in total. The Bertz CT molecular complexity index is 524. The van der Waals surface area contributed by atoms with Gasteiger partial charge in [-0.2, -0.15) is 0 Å². The van der Waals surface area contributed by atoms with Crippen molar-refractivity contribution < 1.29 is 13.2 Å². The number of benzene rings is 1. The number of halogens is 1. The van der Waals surface area contributed by atoms with Crippen LogP contribution in [0.4, 0.5) is 0 Å². The van der Waals surface area contributed by atoms with Crippen LogP contribution in [-0.2, 0) is 9.84 Å². The van der Waals surface area contributed by atoms with E-state index in [1.54, 1.807) is 12.1 Å². The van der Waals surface area contributed by atoms with Crippen molar-refractivity contribution in [3.8, 4) is 5.75 Å². The Balaban J connectivity index is 3.25. The number of sulfone groups is 1. The van der Waals surface area contributed by atoms with Gasteiger partial charge in [0.2, 0.25) is 0 Å². The monoisotopic (exact) mass is 366 g/mol. The molecule has 0 aliphatic rings. The van der Waals surface area contributed by atoms with Crippen LogP contribution in [0.3, 0.4) is 0 Å². The summed E-state index contributed by atoms with van der Waals surface area (Å²) in [7, 11) is -3.18. The number of ether oxygens (including phenoxy) is 1. The van der Waals surface area contributed by atoms with Gasteiger partial charge in [-0.05, 0) is 47.2 Å². The highest BCUT2D eigenvalue weighted by Gasteiger charge is 2.14. The van der Waals surface area contributed by atoms with E-state index in [1.165, 1.54) is 6.26 Å². The second-order valence-corrected chi connectivity index (χ2v) is 7.00. The normalized spacial score (nSPS) is 11.3. The number of allylic oxidation sites excluding steroid dienone is 1. The summed E-state index contributed by atoms with van der Waals surface area (Å²) in [6, 6.07) is 3.23. The summed E-state index contributed by atoms with van der Waals surface area (Å²) in [5.74, 6) is 1.35. The summed E-state index contributed by atoms with van der Waals surface area (Å²) in [5, 5.41) is 0. The first kappa shape index (κ1) is 14.5. The van der Waals surface area contributed by atoms with Gasteiger partial charge in [0, 0.05) is 12.7 Å². The summed E-state index contributed by atoms with van der Waals surface area (Å²) in [6.45, 7) is 7.56. The summed E-state index contributed by atoms with van der Waals surface area (Å²) >= 11 is 2.07. The molecular weight excluding hydrogens is 351 g/mol. The Kier molecular flexibility index (Phi) is 4.60. The third-order valence-corrected chi connectivity index (χ3v) is 4.17. The minimum Gasteiger partial charge on any atom is -0.461 e. The molecule has 0 bridgehead atoms. The highest BCUT2D eigenvalue weighted by Crippen LogP contribution is 2.30. The van der Waals surface area contributed by atoms with Gasteiger partial charge in [-0.25, -0.2) is 8.42 Å². The Morgan fingerprint density at radius 2 is 2.06 bits per heavy atom. The summed E-state index contributed by atoms with van der Waals surface area (Å²) < 4.78 is 29.3. The largest absolute Gasteiger partial charge is 0.461 e. The molecule has 5 heteroatoms. The molecular formula is C12H15IO3S. The lowest BCUT2D eigenvalue weighted by molar-refractivity contribution is 0.406. The molecule has 0 radical (unpaired) electrons. The van der Waals surface area contributed by atoms with E-state index in [4.69, 9.17) is 4.74 Å². The maximum absolute atomic E-state index is 11.5. The van der Waals surface area contributed by atoms with E-state index in [2.05, 4.69) is 29.2 Å². The molecule has 1 rings (SSSR count). The van der Waals surface area contributed by atoms with Crippen molar-refractivity contribution in [1.82, 2.24) is 0 Å².